The second-order valence-electron chi connectivity index (χ2n) is 5.90. The molecule has 0 aliphatic carbocycles. The Hall–Kier alpha value is -0.900. The van der Waals surface area contributed by atoms with Crippen molar-refractivity contribution in [3.8, 4) is 0 Å². The maximum Gasteiger partial charge on any atom is 0.0429 e. The average molecular weight is 249 g/mol. The van der Waals surface area contributed by atoms with Gasteiger partial charge in [0.05, 0.1) is 0 Å². The van der Waals surface area contributed by atoms with Crippen LogP contribution in [0.15, 0.2) is 18.2 Å². The van der Waals surface area contributed by atoms with Gasteiger partial charge in [0, 0.05) is 11.6 Å². The van der Waals surface area contributed by atoms with Gasteiger partial charge in [0.15, 0.2) is 0 Å². The van der Waals surface area contributed by atoms with Crippen molar-refractivity contribution in [2.45, 2.75) is 45.7 Å². The molecule has 0 heterocycles. The van der Waals surface area contributed by atoms with Crippen molar-refractivity contribution >= 4 is 0 Å². The van der Waals surface area contributed by atoms with Crippen molar-refractivity contribution in [3.63, 3.8) is 0 Å². The topological polar surface area (TPSA) is 41.3 Å². The minimum Gasteiger partial charge on any atom is -0.303 e. The molecule has 0 aliphatic heterocycles. The summed E-state index contributed by atoms with van der Waals surface area (Å²) in [5.41, 5.74) is 6.98. The van der Waals surface area contributed by atoms with Crippen LogP contribution in [0.25, 0.3) is 0 Å². The van der Waals surface area contributed by atoms with Crippen LogP contribution in [0.1, 0.15) is 30.5 Å². The maximum absolute atomic E-state index is 5.76. The third-order valence-electron chi connectivity index (χ3n) is 4.14. The lowest BCUT2D eigenvalue weighted by molar-refractivity contribution is 0.137. The minimum atomic E-state index is 0.00490. The Kier molecular flexibility index (Phi) is 4.91. The predicted molar refractivity (Wildman–Crippen MR) is 78.5 cm³/mol. The highest BCUT2D eigenvalue weighted by atomic mass is 15.3. The lowest BCUT2D eigenvalue weighted by Gasteiger charge is -2.40. The number of benzene rings is 1. The molecule has 1 aromatic rings. The van der Waals surface area contributed by atoms with Crippen molar-refractivity contribution < 1.29 is 0 Å². The van der Waals surface area contributed by atoms with Crippen molar-refractivity contribution in [1.82, 2.24) is 10.3 Å². The molecule has 1 atom stereocenters. The number of hydrogen-bond donors (Lipinski definition) is 2. The van der Waals surface area contributed by atoms with E-state index in [1.54, 1.807) is 0 Å². The molecule has 3 N–H and O–H groups in total. The molecule has 0 saturated heterocycles. The summed E-state index contributed by atoms with van der Waals surface area (Å²) in [6.45, 7) is 8.71. The zero-order chi connectivity index (χ0) is 13.9. The number of rotatable bonds is 5. The summed E-state index contributed by atoms with van der Waals surface area (Å²) in [7, 11) is 4.18. The summed E-state index contributed by atoms with van der Waals surface area (Å²) in [5.74, 6) is 5.76. The summed E-state index contributed by atoms with van der Waals surface area (Å²) < 4.78 is 0. The highest BCUT2D eigenvalue weighted by Gasteiger charge is 2.31. The van der Waals surface area contributed by atoms with Gasteiger partial charge in [0.25, 0.3) is 0 Å². The zero-order valence-electron chi connectivity index (χ0n) is 12.5. The van der Waals surface area contributed by atoms with Gasteiger partial charge < -0.3 is 4.90 Å². The van der Waals surface area contributed by atoms with E-state index < -0.39 is 0 Å². The Labute approximate surface area is 111 Å². The van der Waals surface area contributed by atoms with E-state index >= 15 is 0 Å². The molecule has 0 fully saturated rings. The van der Waals surface area contributed by atoms with Crippen molar-refractivity contribution in [3.05, 3.63) is 34.9 Å². The van der Waals surface area contributed by atoms with Crippen molar-refractivity contribution in [2.75, 3.05) is 14.1 Å². The van der Waals surface area contributed by atoms with Crippen LogP contribution in [0.2, 0.25) is 0 Å². The Balaban J connectivity index is 2.96. The minimum absolute atomic E-state index is 0.00490. The SMILES string of the molecule is Cc1ccc(C)c(CC(NN)C(C)(C)N(C)C)c1. The normalized spacial score (nSPS) is 14.0. The first-order valence-corrected chi connectivity index (χ1v) is 6.48. The number of likely N-dealkylation sites (N-methyl/N-ethyl adjacent to an activating group) is 1. The molecule has 102 valence electrons. The fourth-order valence-electron chi connectivity index (χ4n) is 2.06. The van der Waals surface area contributed by atoms with Gasteiger partial charge >= 0.3 is 0 Å². The van der Waals surface area contributed by atoms with E-state index in [4.69, 9.17) is 5.84 Å². The number of hydrazine groups is 1. The van der Waals surface area contributed by atoms with Crippen LogP contribution in [0.3, 0.4) is 0 Å². The highest BCUT2D eigenvalue weighted by Crippen LogP contribution is 2.21. The smallest absolute Gasteiger partial charge is 0.0429 e. The molecule has 0 amide bonds. The Bertz CT molecular complexity index is 397. The molecular formula is C15H27N3. The van der Waals surface area contributed by atoms with Crippen LogP contribution < -0.4 is 11.3 Å². The van der Waals surface area contributed by atoms with E-state index in [1.165, 1.54) is 16.7 Å². The second kappa shape index (κ2) is 5.83. The van der Waals surface area contributed by atoms with E-state index in [9.17, 15) is 0 Å². The number of aryl methyl sites for hydroxylation is 2. The Morgan fingerprint density at radius 1 is 1.28 bits per heavy atom. The first-order chi connectivity index (χ1) is 8.28. The van der Waals surface area contributed by atoms with Crippen LogP contribution in [0.5, 0.6) is 0 Å². The van der Waals surface area contributed by atoms with E-state index in [-0.39, 0.29) is 11.6 Å². The lowest BCUT2D eigenvalue weighted by atomic mass is 9.87. The van der Waals surface area contributed by atoms with Gasteiger partial charge in [-0.3, -0.25) is 11.3 Å². The van der Waals surface area contributed by atoms with Crippen molar-refractivity contribution in [1.29, 1.82) is 0 Å². The number of nitrogens with zero attached hydrogens (tertiary/aromatic N) is 1. The van der Waals surface area contributed by atoms with E-state index in [0.29, 0.717) is 0 Å². The standard InChI is InChI=1S/C15H27N3/c1-11-7-8-12(2)13(9-11)10-14(17-16)15(3,4)18(5)6/h7-9,14,17H,10,16H2,1-6H3. The molecule has 3 heteroatoms. The average Bonchev–Trinajstić information content (AvgIpc) is 2.29. The van der Waals surface area contributed by atoms with E-state index in [2.05, 4.69) is 70.3 Å². The summed E-state index contributed by atoms with van der Waals surface area (Å²) in [6.07, 6.45) is 0.940. The molecular weight excluding hydrogens is 222 g/mol. The van der Waals surface area contributed by atoms with Crippen LogP contribution >= 0.6 is 0 Å². The first kappa shape index (κ1) is 15.2. The number of hydrogen-bond acceptors (Lipinski definition) is 3. The van der Waals surface area contributed by atoms with Crippen LogP contribution in [0, 0.1) is 13.8 Å². The summed E-state index contributed by atoms with van der Waals surface area (Å²) >= 11 is 0. The van der Waals surface area contributed by atoms with Gasteiger partial charge in [-0.1, -0.05) is 23.8 Å². The molecule has 18 heavy (non-hydrogen) atoms. The fourth-order valence-corrected chi connectivity index (χ4v) is 2.06. The van der Waals surface area contributed by atoms with Gasteiger partial charge in [-0.15, -0.1) is 0 Å². The molecule has 0 spiro atoms. The Morgan fingerprint density at radius 2 is 1.89 bits per heavy atom. The maximum atomic E-state index is 5.76. The number of nitrogens with two attached hydrogens (primary N) is 1. The van der Waals surface area contributed by atoms with Gasteiger partial charge in [0.2, 0.25) is 0 Å². The molecule has 0 aromatic heterocycles. The first-order valence-electron chi connectivity index (χ1n) is 6.48. The van der Waals surface area contributed by atoms with Crippen molar-refractivity contribution in [2.24, 2.45) is 5.84 Å². The third-order valence-corrected chi connectivity index (χ3v) is 4.14. The fraction of sp³-hybridized carbons (Fsp3) is 0.600. The monoisotopic (exact) mass is 249 g/mol. The van der Waals surface area contributed by atoms with Gasteiger partial charge in [0.1, 0.15) is 0 Å². The molecule has 1 rings (SSSR count). The summed E-state index contributed by atoms with van der Waals surface area (Å²) in [6, 6.07) is 6.81. The molecule has 0 bridgehead atoms. The predicted octanol–water partition coefficient (Wildman–Crippen LogP) is 2.02. The highest BCUT2D eigenvalue weighted by molar-refractivity contribution is 5.31. The molecule has 1 aromatic carbocycles. The Morgan fingerprint density at radius 3 is 2.39 bits per heavy atom. The number of nitrogens with one attached hydrogen (secondary N) is 1. The zero-order valence-corrected chi connectivity index (χ0v) is 12.5. The van der Waals surface area contributed by atoms with Gasteiger partial charge in [-0.05, 0) is 59.3 Å². The van der Waals surface area contributed by atoms with E-state index in [1.807, 2.05) is 0 Å². The molecule has 0 aliphatic rings. The van der Waals surface area contributed by atoms with Crippen LogP contribution in [-0.2, 0) is 6.42 Å². The molecule has 0 radical (unpaired) electrons. The van der Waals surface area contributed by atoms with Crippen LogP contribution in [0.4, 0.5) is 0 Å². The van der Waals surface area contributed by atoms with E-state index in [0.717, 1.165) is 6.42 Å². The molecule has 1 unspecified atom stereocenters. The third kappa shape index (κ3) is 3.31. The molecule has 3 nitrogen and oxygen atoms in total. The quantitative estimate of drug-likeness (QED) is 0.619. The van der Waals surface area contributed by atoms with Gasteiger partial charge in [-0.25, -0.2) is 0 Å². The summed E-state index contributed by atoms with van der Waals surface area (Å²) in [4.78, 5) is 2.21. The summed E-state index contributed by atoms with van der Waals surface area (Å²) in [5, 5.41) is 0. The van der Waals surface area contributed by atoms with Crippen LogP contribution in [-0.4, -0.2) is 30.6 Å². The van der Waals surface area contributed by atoms with Gasteiger partial charge in [-0.2, -0.15) is 0 Å². The largest absolute Gasteiger partial charge is 0.303 e. The lowest BCUT2D eigenvalue weighted by Crippen LogP contribution is -2.58. The second-order valence-corrected chi connectivity index (χ2v) is 5.90. The molecule has 0 saturated carbocycles.